The maximum Gasteiger partial charge on any atom is 0.573 e. The maximum atomic E-state index is 14.4. The van der Waals surface area contributed by atoms with Crippen molar-refractivity contribution in [2.75, 3.05) is 30.1 Å². The topological polar surface area (TPSA) is 136 Å². The number of sulfonamides is 1. The number of fused-ring (bicyclic) bond motifs is 2. The SMILES string of the molecule is COc1cc(/C=N/OC(C)(C)C(=O)NS(C)(=O)=O)cc(NC(C(=O)N2CC3(CC3)c3ccc(OC(F)(F)F)cc32)c2ccc(Cl)cc2)c1. The summed E-state index contributed by atoms with van der Waals surface area (Å²) in [5.74, 6) is -1.40. The van der Waals surface area contributed by atoms with Crippen LogP contribution in [0.2, 0.25) is 5.02 Å². The zero-order chi connectivity index (χ0) is 35.1. The van der Waals surface area contributed by atoms with E-state index in [0.717, 1.165) is 24.7 Å². The largest absolute Gasteiger partial charge is 0.573 e. The molecule has 0 bridgehead atoms. The zero-order valence-corrected chi connectivity index (χ0v) is 27.8. The number of amides is 2. The molecule has 5 rings (SSSR count). The Balaban J connectivity index is 1.45. The monoisotopic (exact) mass is 708 g/mol. The Labute approximate surface area is 280 Å². The van der Waals surface area contributed by atoms with E-state index in [2.05, 4.69) is 15.2 Å². The lowest BCUT2D eigenvalue weighted by molar-refractivity contribution is -0.274. The van der Waals surface area contributed by atoms with Gasteiger partial charge in [0.2, 0.25) is 15.6 Å². The Morgan fingerprint density at radius 1 is 1.04 bits per heavy atom. The predicted molar refractivity (Wildman–Crippen MR) is 173 cm³/mol. The van der Waals surface area contributed by atoms with Gasteiger partial charge in [0.1, 0.15) is 17.5 Å². The van der Waals surface area contributed by atoms with Gasteiger partial charge in [-0.1, -0.05) is 35.0 Å². The molecule has 256 valence electrons. The Morgan fingerprint density at radius 2 is 1.73 bits per heavy atom. The number of oxime groups is 1. The number of ether oxygens (including phenoxy) is 2. The molecule has 11 nitrogen and oxygen atoms in total. The second-order valence-electron chi connectivity index (χ2n) is 12.1. The van der Waals surface area contributed by atoms with E-state index >= 15 is 0 Å². The number of hydrogen-bond donors (Lipinski definition) is 2. The fraction of sp³-hybridized carbons (Fsp3) is 0.344. The highest BCUT2D eigenvalue weighted by atomic mass is 35.5. The van der Waals surface area contributed by atoms with Crippen LogP contribution in [0.3, 0.4) is 0 Å². The molecule has 3 aromatic rings. The van der Waals surface area contributed by atoms with E-state index < -0.39 is 45.6 Å². The quantitative estimate of drug-likeness (QED) is 0.192. The van der Waals surface area contributed by atoms with E-state index in [0.29, 0.717) is 39.8 Å². The Bertz CT molecular complexity index is 1860. The number of carbonyl (C=O) groups is 2. The highest BCUT2D eigenvalue weighted by Crippen LogP contribution is 2.57. The van der Waals surface area contributed by atoms with Crippen molar-refractivity contribution >= 4 is 51.0 Å². The summed E-state index contributed by atoms with van der Waals surface area (Å²) in [5.41, 5.74) is 0.528. The molecule has 1 atom stereocenters. The second kappa shape index (κ2) is 12.8. The number of alkyl halides is 3. The van der Waals surface area contributed by atoms with Gasteiger partial charge in [-0.05, 0) is 68.1 Å². The third-order valence-electron chi connectivity index (χ3n) is 7.88. The van der Waals surface area contributed by atoms with Gasteiger partial charge in [0.15, 0.2) is 0 Å². The van der Waals surface area contributed by atoms with Gasteiger partial charge < -0.3 is 24.5 Å². The molecule has 2 N–H and O–H groups in total. The van der Waals surface area contributed by atoms with Gasteiger partial charge >= 0.3 is 6.36 Å². The van der Waals surface area contributed by atoms with E-state index in [9.17, 15) is 31.2 Å². The van der Waals surface area contributed by atoms with Crippen LogP contribution in [0.1, 0.15) is 49.4 Å². The summed E-state index contributed by atoms with van der Waals surface area (Å²) >= 11 is 6.14. The Morgan fingerprint density at radius 3 is 2.33 bits per heavy atom. The second-order valence-corrected chi connectivity index (χ2v) is 14.3. The highest BCUT2D eigenvalue weighted by molar-refractivity contribution is 7.89. The summed E-state index contributed by atoms with van der Waals surface area (Å²) in [6.07, 6.45) is -1.21. The Kier molecular flexibility index (Phi) is 9.32. The lowest BCUT2D eigenvalue weighted by atomic mass is 9.99. The molecule has 1 unspecified atom stereocenters. The molecule has 1 spiro atoms. The normalized spacial score (nSPS) is 16.0. The molecule has 2 aliphatic rings. The van der Waals surface area contributed by atoms with Crippen molar-refractivity contribution in [2.45, 2.75) is 50.1 Å². The zero-order valence-electron chi connectivity index (χ0n) is 26.2. The summed E-state index contributed by atoms with van der Waals surface area (Å²) in [6.45, 7) is 2.97. The predicted octanol–water partition coefficient (Wildman–Crippen LogP) is 5.68. The van der Waals surface area contributed by atoms with Crippen LogP contribution in [-0.2, 0) is 29.9 Å². The minimum Gasteiger partial charge on any atom is -0.497 e. The van der Waals surface area contributed by atoms with Crippen LogP contribution in [0, 0.1) is 0 Å². The van der Waals surface area contributed by atoms with Crippen LogP contribution >= 0.6 is 11.6 Å². The molecular weight excluding hydrogens is 677 g/mol. The van der Waals surface area contributed by atoms with Crippen LogP contribution in [0.15, 0.2) is 65.8 Å². The van der Waals surface area contributed by atoms with E-state index in [1.54, 1.807) is 48.5 Å². The van der Waals surface area contributed by atoms with Crippen LogP contribution in [0.25, 0.3) is 0 Å². The maximum absolute atomic E-state index is 14.4. The fourth-order valence-corrected chi connectivity index (χ4v) is 6.05. The van der Waals surface area contributed by atoms with Crippen molar-refractivity contribution in [3.8, 4) is 11.5 Å². The number of halogens is 4. The van der Waals surface area contributed by atoms with Crippen LogP contribution in [0.5, 0.6) is 11.5 Å². The molecule has 0 aromatic heterocycles. The summed E-state index contributed by atoms with van der Waals surface area (Å²) < 4.78 is 73.6. The molecule has 0 radical (unpaired) electrons. The van der Waals surface area contributed by atoms with Crippen molar-refractivity contribution in [3.05, 3.63) is 82.4 Å². The first-order valence-electron chi connectivity index (χ1n) is 14.5. The Hall–Kier alpha value is -4.50. The molecule has 1 aliphatic carbocycles. The van der Waals surface area contributed by atoms with E-state index in [1.807, 2.05) is 4.72 Å². The average molecular weight is 709 g/mol. The summed E-state index contributed by atoms with van der Waals surface area (Å²) in [6, 6.07) is 14.5. The smallest absolute Gasteiger partial charge is 0.497 e. The highest BCUT2D eigenvalue weighted by Gasteiger charge is 2.54. The number of hydrogen-bond acceptors (Lipinski definition) is 9. The van der Waals surface area contributed by atoms with Crippen molar-refractivity contribution in [2.24, 2.45) is 5.16 Å². The summed E-state index contributed by atoms with van der Waals surface area (Å²) in [5, 5.41) is 7.53. The number of methoxy groups -OCH3 is 1. The number of nitrogens with one attached hydrogen (secondary N) is 2. The van der Waals surface area contributed by atoms with E-state index in [4.69, 9.17) is 21.2 Å². The van der Waals surface area contributed by atoms with E-state index in [-0.39, 0.29) is 5.41 Å². The number of nitrogens with zero attached hydrogens (tertiary/aromatic N) is 2. The van der Waals surface area contributed by atoms with Gasteiger partial charge in [0.25, 0.3) is 11.8 Å². The molecule has 48 heavy (non-hydrogen) atoms. The molecule has 1 aliphatic heterocycles. The van der Waals surface area contributed by atoms with Crippen LogP contribution < -0.4 is 24.4 Å². The molecule has 0 saturated heterocycles. The molecule has 1 fully saturated rings. The lowest BCUT2D eigenvalue weighted by Gasteiger charge is -2.27. The van der Waals surface area contributed by atoms with E-state index in [1.165, 1.54) is 44.2 Å². The van der Waals surface area contributed by atoms with Gasteiger partial charge in [0, 0.05) is 40.4 Å². The van der Waals surface area contributed by atoms with Gasteiger partial charge in [-0.15, -0.1) is 13.2 Å². The minimum absolute atomic E-state index is 0.290. The summed E-state index contributed by atoms with van der Waals surface area (Å²) in [4.78, 5) is 33.5. The third-order valence-corrected chi connectivity index (χ3v) is 8.69. The fourth-order valence-electron chi connectivity index (χ4n) is 5.34. The molecule has 1 saturated carbocycles. The standard InChI is InChI=1S/C32H32ClF3N4O7S/c1-30(2,29(42)39-48(4,43)44)47-37-17-19-13-22(15-24(14-19)45-3)38-27(20-5-7-21(33)8-6-20)28(41)40-18-31(11-12-31)25-10-9-23(16-26(25)40)46-32(34,35)36/h5-10,13-17,27,38H,11-12,18H2,1-4H3,(H,39,42)/b37-17+. The van der Waals surface area contributed by atoms with Crippen LogP contribution in [-0.4, -0.2) is 58.3 Å². The van der Waals surface area contributed by atoms with Crippen LogP contribution in [0.4, 0.5) is 24.5 Å². The minimum atomic E-state index is -4.90. The number of benzene rings is 3. The first kappa shape index (κ1) is 34.8. The number of rotatable bonds is 11. The van der Waals surface area contributed by atoms with Gasteiger partial charge in [-0.3, -0.25) is 9.59 Å². The van der Waals surface area contributed by atoms with Crippen molar-refractivity contribution in [3.63, 3.8) is 0 Å². The van der Waals surface area contributed by atoms with Crippen molar-refractivity contribution in [1.82, 2.24) is 4.72 Å². The number of anilines is 2. The summed E-state index contributed by atoms with van der Waals surface area (Å²) in [7, 11) is -2.39. The van der Waals surface area contributed by atoms with Gasteiger partial charge in [-0.2, -0.15) is 0 Å². The molecule has 2 amide bonds. The molecule has 1 heterocycles. The van der Waals surface area contributed by atoms with Gasteiger partial charge in [0.05, 0.1) is 25.3 Å². The number of carbonyl (C=O) groups excluding carboxylic acids is 2. The third kappa shape index (κ3) is 8.13. The molecule has 3 aromatic carbocycles. The molecule has 16 heteroatoms. The lowest BCUT2D eigenvalue weighted by Crippen LogP contribution is -2.45. The first-order chi connectivity index (χ1) is 22.4. The van der Waals surface area contributed by atoms with Crippen molar-refractivity contribution in [1.29, 1.82) is 0 Å². The van der Waals surface area contributed by atoms with Crippen molar-refractivity contribution < 1.29 is 45.5 Å². The average Bonchev–Trinajstić information content (AvgIpc) is 3.70. The first-order valence-corrected chi connectivity index (χ1v) is 16.8. The molecular formula is C32H32ClF3N4O7S. The van der Waals surface area contributed by atoms with Gasteiger partial charge in [-0.25, -0.2) is 13.1 Å².